The quantitative estimate of drug-likeness (QED) is 0.598. The molecular formula is C12H19NO. The summed E-state index contributed by atoms with van der Waals surface area (Å²) in [5.41, 5.74) is 5.27. The number of hydrogen-bond acceptors (Lipinski definition) is 2. The highest BCUT2D eigenvalue weighted by molar-refractivity contribution is 5.94. The topological polar surface area (TPSA) is 43.1 Å². The van der Waals surface area contributed by atoms with E-state index in [1.807, 2.05) is 6.92 Å². The van der Waals surface area contributed by atoms with Crippen molar-refractivity contribution in [1.82, 2.24) is 0 Å². The third kappa shape index (κ3) is 1.24. The van der Waals surface area contributed by atoms with E-state index in [0.29, 0.717) is 5.92 Å². The van der Waals surface area contributed by atoms with Gasteiger partial charge >= 0.3 is 0 Å². The molecule has 0 unspecified atom stereocenters. The maximum atomic E-state index is 12.2. The summed E-state index contributed by atoms with van der Waals surface area (Å²) in [5, 5.41) is 0. The van der Waals surface area contributed by atoms with Crippen LogP contribution in [0.1, 0.15) is 39.5 Å². The van der Waals surface area contributed by atoms with E-state index in [0.717, 1.165) is 25.7 Å². The van der Waals surface area contributed by atoms with E-state index in [9.17, 15) is 4.79 Å². The van der Waals surface area contributed by atoms with E-state index in [4.69, 9.17) is 5.73 Å². The fourth-order valence-corrected chi connectivity index (χ4v) is 2.97. The molecule has 2 heteroatoms. The zero-order chi connectivity index (χ0) is 10.4. The van der Waals surface area contributed by atoms with Crippen LogP contribution in [0.15, 0.2) is 12.2 Å². The summed E-state index contributed by atoms with van der Waals surface area (Å²) in [6.07, 6.45) is 8.22. The summed E-state index contributed by atoms with van der Waals surface area (Å²) in [4.78, 5) is 12.2. The maximum absolute atomic E-state index is 12.2. The molecule has 0 heterocycles. The number of hydrogen-bond donors (Lipinski definition) is 1. The molecule has 0 aromatic rings. The van der Waals surface area contributed by atoms with Crippen molar-refractivity contribution in [2.75, 3.05) is 0 Å². The van der Waals surface area contributed by atoms with Gasteiger partial charge in [0.05, 0.1) is 5.54 Å². The van der Waals surface area contributed by atoms with Crippen molar-refractivity contribution in [3.63, 3.8) is 0 Å². The van der Waals surface area contributed by atoms with Crippen LogP contribution >= 0.6 is 0 Å². The van der Waals surface area contributed by atoms with Gasteiger partial charge in [-0.3, -0.25) is 4.79 Å². The van der Waals surface area contributed by atoms with Crippen LogP contribution in [0.2, 0.25) is 0 Å². The largest absolute Gasteiger partial charge is 0.319 e. The van der Waals surface area contributed by atoms with E-state index in [1.54, 1.807) is 0 Å². The third-order valence-corrected chi connectivity index (χ3v) is 4.08. The normalized spacial score (nSPS) is 47.6. The van der Waals surface area contributed by atoms with Gasteiger partial charge in [0.15, 0.2) is 5.78 Å². The average molecular weight is 193 g/mol. The third-order valence-electron chi connectivity index (χ3n) is 4.08. The van der Waals surface area contributed by atoms with Gasteiger partial charge < -0.3 is 5.73 Å². The van der Waals surface area contributed by atoms with Crippen LogP contribution in [-0.2, 0) is 4.79 Å². The Morgan fingerprint density at radius 2 is 2.14 bits per heavy atom. The molecule has 0 saturated heterocycles. The number of ketones is 1. The van der Waals surface area contributed by atoms with Gasteiger partial charge in [-0.2, -0.15) is 0 Å². The second-order valence-electron chi connectivity index (χ2n) is 5.31. The first-order valence-corrected chi connectivity index (χ1v) is 5.45. The van der Waals surface area contributed by atoms with Crippen molar-refractivity contribution in [3.8, 4) is 0 Å². The Hall–Kier alpha value is -0.630. The van der Waals surface area contributed by atoms with E-state index < -0.39 is 5.54 Å². The van der Waals surface area contributed by atoms with Crippen molar-refractivity contribution >= 4 is 5.78 Å². The van der Waals surface area contributed by atoms with Crippen molar-refractivity contribution in [2.24, 2.45) is 17.1 Å². The number of nitrogens with two attached hydrogens (primary N) is 1. The zero-order valence-electron chi connectivity index (χ0n) is 9.05. The summed E-state index contributed by atoms with van der Waals surface area (Å²) in [6, 6.07) is 0. The van der Waals surface area contributed by atoms with E-state index >= 15 is 0 Å². The van der Waals surface area contributed by atoms with Crippen LogP contribution in [-0.4, -0.2) is 11.3 Å². The second kappa shape index (κ2) is 2.93. The zero-order valence-corrected chi connectivity index (χ0v) is 9.05. The van der Waals surface area contributed by atoms with E-state index in [1.165, 1.54) is 0 Å². The number of carbonyl (C=O) groups excluding carboxylic acids is 1. The fourth-order valence-electron chi connectivity index (χ4n) is 2.97. The minimum atomic E-state index is -0.587. The van der Waals surface area contributed by atoms with Crippen LogP contribution < -0.4 is 5.73 Å². The Morgan fingerprint density at radius 3 is 2.86 bits per heavy atom. The van der Waals surface area contributed by atoms with Crippen LogP contribution in [0, 0.1) is 11.3 Å². The van der Waals surface area contributed by atoms with Crippen molar-refractivity contribution in [3.05, 3.63) is 12.2 Å². The summed E-state index contributed by atoms with van der Waals surface area (Å²) < 4.78 is 0. The lowest BCUT2D eigenvalue weighted by Gasteiger charge is -2.47. The maximum Gasteiger partial charge on any atom is 0.158 e. The summed E-state index contributed by atoms with van der Waals surface area (Å²) >= 11 is 0. The molecule has 14 heavy (non-hydrogen) atoms. The standard InChI is InChI=1S/C12H19NO/c1-11-7-4-3-5-9(11)6-8-12(2,13)10(11)14/h3-4,9H,5-8,13H2,1-2H3/t9-,11+,12+/m1/s1. The van der Waals surface area contributed by atoms with Crippen molar-refractivity contribution in [2.45, 2.75) is 45.1 Å². The van der Waals surface area contributed by atoms with Gasteiger partial charge in [-0.1, -0.05) is 19.1 Å². The number of fused-ring (bicyclic) bond motifs is 1. The number of allylic oxidation sites excluding steroid dienone is 2. The predicted octanol–water partition coefficient (Wildman–Crippen LogP) is 2.04. The van der Waals surface area contributed by atoms with Crippen LogP contribution in [0.3, 0.4) is 0 Å². The van der Waals surface area contributed by atoms with E-state index in [2.05, 4.69) is 19.1 Å². The Bertz CT molecular complexity index is 293. The highest BCUT2D eigenvalue weighted by atomic mass is 16.1. The molecule has 0 aromatic heterocycles. The number of carbonyl (C=O) groups is 1. The molecule has 0 amide bonds. The fraction of sp³-hybridized carbons (Fsp3) is 0.750. The lowest BCUT2D eigenvalue weighted by molar-refractivity contribution is -0.140. The monoisotopic (exact) mass is 193 g/mol. The van der Waals surface area contributed by atoms with Gasteiger partial charge in [-0.25, -0.2) is 0 Å². The molecule has 0 aliphatic heterocycles. The number of rotatable bonds is 0. The van der Waals surface area contributed by atoms with Crippen LogP contribution in [0.25, 0.3) is 0 Å². The smallest absolute Gasteiger partial charge is 0.158 e. The first-order chi connectivity index (χ1) is 6.47. The van der Waals surface area contributed by atoms with Gasteiger partial charge in [0.1, 0.15) is 0 Å². The molecule has 0 radical (unpaired) electrons. The Balaban J connectivity index is 2.34. The highest BCUT2D eigenvalue weighted by Crippen LogP contribution is 2.47. The molecule has 2 nitrogen and oxygen atoms in total. The molecular weight excluding hydrogens is 174 g/mol. The first-order valence-electron chi connectivity index (χ1n) is 5.45. The molecule has 1 fully saturated rings. The number of Topliss-reactive ketones (excluding diaryl/α,β-unsaturated/α-hetero) is 1. The average Bonchev–Trinajstić information content (AvgIpc) is 2.14. The Morgan fingerprint density at radius 1 is 1.43 bits per heavy atom. The van der Waals surface area contributed by atoms with Gasteiger partial charge in [-0.05, 0) is 38.5 Å². The predicted molar refractivity (Wildman–Crippen MR) is 56.8 cm³/mol. The summed E-state index contributed by atoms with van der Waals surface area (Å²) in [5.74, 6) is 0.794. The van der Waals surface area contributed by atoms with E-state index in [-0.39, 0.29) is 11.2 Å². The molecule has 2 aliphatic carbocycles. The Kier molecular flexibility index (Phi) is 2.07. The molecule has 0 bridgehead atoms. The highest BCUT2D eigenvalue weighted by Gasteiger charge is 2.51. The van der Waals surface area contributed by atoms with Crippen LogP contribution in [0.4, 0.5) is 0 Å². The SMILES string of the molecule is C[C@]1(N)CC[C@H]2CC=CC[C@]2(C)C1=O. The lowest BCUT2D eigenvalue weighted by Crippen LogP contribution is -2.58. The van der Waals surface area contributed by atoms with Crippen LogP contribution in [0.5, 0.6) is 0 Å². The molecule has 2 aliphatic rings. The summed E-state index contributed by atoms with van der Waals surface area (Å²) in [6.45, 7) is 3.98. The molecule has 2 rings (SSSR count). The molecule has 78 valence electrons. The van der Waals surface area contributed by atoms with Gasteiger partial charge in [0, 0.05) is 5.41 Å². The molecule has 0 aromatic carbocycles. The van der Waals surface area contributed by atoms with Gasteiger partial charge in [0.2, 0.25) is 0 Å². The molecule has 0 spiro atoms. The molecule has 2 N–H and O–H groups in total. The first kappa shape index (κ1) is 9.91. The van der Waals surface area contributed by atoms with Crippen molar-refractivity contribution in [1.29, 1.82) is 0 Å². The minimum Gasteiger partial charge on any atom is -0.319 e. The summed E-state index contributed by atoms with van der Waals surface area (Å²) in [7, 11) is 0. The van der Waals surface area contributed by atoms with Gasteiger partial charge in [0.25, 0.3) is 0 Å². The van der Waals surface area contributed by atoms with Crippen molar-refractivity contribution < 1.29 is 4.79 Å². The minimum absolute atomic E-state index is 0.184. The second-order valence-corrected chi connectivity index (χ2v) is 5.31. The lowest BCUT2D eigenvalue weighted by atomic mass is 9.57. The Labute approximate surface area is 85.6 Å². The molecule has 3 atom stereocenters. The van der Waals surface area contributed by atoms with Gasteiger partial charge in [-0.15, -0.1) is 0 Å². The molecule has 1 saturated carbocycles.